The summed E-state index contributed by atoms with van der Waals surface area (Å²) >= 11 is 6.02. The summed E-state index contributed by atoms with van der Waals surface area (Å²) < 4.78 is 10.3. The zero-order valence-corrected chi connectivity index (χ0v) is 9.67. The van der Waals surface area contributed by atoms with Gasteiger partial charge in [-0.05, 0) is 24.5 Å². The fourth-order valence-corrected chi connectivity index (χ4v) is 1.73. The summed E-state index contributed by atoms with van der Waals surface area (Å²) in [6.45, 7) is 0.151. The van der Waals surface area contributed by atoms with Crippen molar-refractivity contribution >= 4 is 11.6 Å². The summed E-state index contributed by atoms with van der Waals surface area (Å²) in [5, 5.41) is 9.31. The molecule has 0 aliphatic rings. The van der Waals surface area contributed by atoms with Gasteiger partial charge >= 0.3 is 0 Å². The highest BCUT2D eigenvalue weighted by Gasteiger charge is 2.10. The first-order valence-corrected chi connectivity index (χ1v) is 5.12. The molecule has 4 heteroatoms. The molecule has 15 heavy (non-hydrogen) atoms. The molecule has 1 aromatic rings. The van der Waals surface area contributed by atoms with Crippen molar-refractivity contribution in [2.45, 2.75) is 12.8 Å². The van der Waals surface area contributed by atoms with Crippen LogP contribution < -0.4 is 9.47 Å². The number of aliphatic hydroxyl groups excluding tert-OH is 1. The first-order valence-electron chi connectivity index (χ1n) is 4.74. The van der Waals surface area contributed by atoms with Crippen LogP contribution in [0.4, 0.5) is 0 Å². The largest absolute Gasteiger partial charge is 0.497 e. The van der Waals surface area contributed by atoms with Gasteiger partial charge in [-0.2, -0.15) is 0 Å². The Morgan fingerprint density at radius 1 is 1.27 bits per heavy atom. The third kappa shape index (κ3) is 3.01. The van der Waals surface area contributed by atoms with Crippen LogP contribution >= 0.6 is 11.6 Å². The van der Waals surface area contributed by atoms with E-state index in [0.29, 0.717) is 22.9 Å². The van der Waals surface area contributed by atoms with Gasteiger partial charge < -0.3 is 14.6 Å². The molecule has 3 nitrogen and oxygen atoms in total. The van der Waals surface area contributed by atoms with Gasteiger partial charge in [-0.1, -0.05) is 11.6 Å². The molecule has 0 aliphatic carbocycles. The Bertz CT molecular complexity index is 326. The molecule has 0 bridgehead atoms. The molecule has 1 rings (SSSR count). The van der Waals surface area contributed by atoms with E-state index >= 15 is 0 Å². The minimum atomic E-state index is 0.151. The predicted molar refractivity (Wildman–Crippen MR) is 60.0 cm³/mol. The van der Waals surface area contributed by atoms with Crippen molar-refractivity contribution in [3.05, 3.63) is 22.7 Å². The van der Waals surface area contributed by atoms with E-state index in [-0.39, 0.29) is 6.61 Å². The zero-order chi connectivity index (χ0) is 11.3. The number of ether oxygens (including phenoxy) is 2. The van der Waals surface area contributed by atoms with E-state index in [1.807, 2.05) is 6.07 Å². The van der Waals surface area contributed by atoms with Crippen molar-refractivity contribution in [2.75, 3.05) is 20.8 Å². The molecule has 0 atom stereocenters. The van der Waals surface area contributed by atoms with Gasteiger partial charge in [0.15, 0.2) is 0 Å². The number of hydrogen-bond donors (Lipinski definition) is 1. The molecule has 84 valence electrons. The molecule has 0 amide bonds. The number of rotatable bonds is 5. The Hall–Kier alpha value is -0.930. The van der Waals surface area contributed by atoms with Crippen LogP contribution in [-0.2, 0) is 6.42 Å². The molecule has 0 unspecified atom stereocenters. The smallest absolute Gasteiger partial charge is 0.140 e. The molecule has 0 heterocycles. The van der Waals surface area contributed by atoms with E-state index in [1.165, 1.54) is 0 Å². The van der Waals surface area contributed by atoms with E-state index in [4.69, 9.17) is 26.2 Å². The van der Waals surface area contributed by atoms with Gasteiger partial charge in [0.05, 0.1) is 19.2 Å². The van der Waals surface area contributed by atoms with Crippen LogP contribution in [0.1, 0.15) is 12.0 Å². The van der Waals surface area contributed by atoms with E-state index in [9.17, 15) is 0 Å². The molecule has 0 saturated heterocycles. The van der Waals surface area contributed by atoms with Gasteiger partial charge in [0.2, 0.25) is 0 Å². The van der Waals surface area contributed by atoms with E-state index in [1.54, 1.807) is 20.3 Å². The van der Waals surface area contributed by atoms with Crippen LogP contribution in [0.15, 0.2) is 12.1 Å². The second-order valence-electron chi connectivity index (χ2n) is 3.13. The normalized spacial score (nSPS) is 10.1. The van der Waals surface area contributed by atoms with Crippen molar-refractivity contribution in [1.29, 1.82) is 0 Å². The van der Waals surface area contributed by atoms with Crippen LogP contribution in [0, 0.1) is 0 Å². The van der Waals surface area contributed by atoms with Crippen molar-refractivity contribution in [1.82, 2.24) is 0 Å². The van der Waals surface area contributed by atoms with Crippen LogP contribution in [0.3, 0.4) is 0 Å². The van der Waals surface area contributed by atoms with Crippen molar-refractivity contribution < 1.29 is 14.6 Å². The number of halogens is 1. The van der Waals surface area contributed by atoms with Gasteiger partial charge in [-0.15, -0.1) is 0 Å². The Kier molecular flexibility index (Phi) is 4.72. The third-order valence-electron chi connectivity index (χ3n) is 2.14. The molecular weight excluding hydrogens is 216 g/mol. The summed E-state index contributed by atoms with van der Waals surface area (Å²) in [6.07, 6.45) is 1.40. The van der Waals surface area contributed by atoms with Crippen LogP contribution in [0.2, 0.25) is 5.02 Å². The van der Waals surface area contributed by atoms with Gasteiger partial charge in [0.1, 0.15) is 11.5 Å². The summed E-state index contributed by atoms with van der Waals surface area (Å²) in [4.78, 5) is 0. The highest BCUT2D eigenvalue weighted by Crippen LogP contribution is 2.33. The number of hydrogen-bond acceptors (Lipinski definition) is 3. The predicted octanol–water partition coefficient (Wildman–Crippen LogP) is 2.28. The first-order chi connectivity index (χ1) is 7.22. The van der Waals surface area contributed by atoms with Gasteiger partial charge in [0, 0.05) is 12.7 Å². The topological polar surface area (TPSA) is 38.7 Å². The number of methoxy groups -OCH3 is 2. The second kappa shape index (κ2) is 5.83. The molecule has 0 radical (unpaired) electrons. The summed E-state index contributed by atoms with van der Waals surface area (Å²) in [5.41, 5.74) is 0.955. The SMILES string of the molecule is COc1cc(Cl)c(OC)c(CCCO)c1. The number of aryl methyl sites for hydroxylation is 1. The average Bonchev–Trinajstić information content (AvgIpc) is 2.25. The lowest BCUT2D eigenvalue weighted by Gasteiger charge is -2.11. The lowest BCUT2D eigenvalue weighted by molar-refractivity contribution is 0.287. The Morgan fingerprint density at radius 2 is 2.00 bits per heavy atom. The maximum Gasteiger partial charge on any atom is 0.140 e. The third-order valence-corrected chi connectivity index (χ3v) is 2.42. The van der Waals surface area contributed by atoms with Gasteiger partial charge in [0.25, 0.3) is 0 Å². The van der Waals surface area contributed by atoms with E-state index in [2.05, 4.69) is 0 Å². The highest BCUT2D eigenvalue weighted by atomic mass is 35.5. The van der Waals surface area contributed by atoms with Crippen LogP contribution in [0.5, 0.6) is 11.5 Å². The van der Waals surface area contributed by atoms with Crippen molar-refractivity contribution in [3.63, 3.8) is 0 Å². The quantitative estimate of drug-likeness (QED) is 0.844. The summed E-state index contributed by atoms with van der Waals surface area (Å²) in [7, 11) is 3.17. The Morgan fingerprint density at radius 3 is 2.53 bits per heavy atom. The first kappa shape index (κ1) is 12.1. The fourth-order valence-electron chi connectivity index (χ4n) is 1.42. The Labute approximate surface area is 94.6 Å². The molecule has 0 fully saturated rings. The lowest BCUT2D eigenvalue weighted by atomic mass is 10.1. The maximum atomic E-state index is 8.78. The summed E-state index contributed by atoms with van der Waals surface area (Å²) in [6, 6.07) is 3.59. The standard InChI is InChI=1S/C11H15ClO3/c1-14-9-6-8(4-3-5-13)11(15-2)10(12)7-9/h6-7,13H,3-5H2,1-2H3. The van der Waals surface area contributed by atoms with Gasteiger partial charge in [-0.3, -0.25) is 0 Å². The molecule has 0 aromatic heterocycles. The number of aliphatic hydroxyl groups is 1. The molecule has 0 aliphatic heterocycles. The molecule has 0 saturated carbocycles. The Balaban J connectivity index is 3.02. The summed E-state index contributed by atoms with van der Waals surface area (Å²) in [5.74, 6) is 1.36. The van der Waals surface area contributed by atoms with Gasteiger partial charge in [-0.25, -0.2) is 0 Å². The maximum absolute atomic E-state index is 8.78. The lowest BCUT2D eigenvalue weighted by Crippen LogP contribution is -1.96. The highest BCUT2D eigenvalue weighted by molar-refractivity contribution is 6.32. The van der Waals surface area contributed by atoms with E-state index in [0.717, 1.165) is 12.0 Å². The number of benzene rings is 1. The van der Waals surface area contributed by atoms with Crippen LogP contribution in [-0.4, -0.2) is 25.9 Å². The molecule has 1 N–H and O–H groups in total. The fraction of sp³-hybridized carbons (Fsp3) is 0.455. The minimum Gasteiger partial charge on any atom is -0.497 e. The molecule has 1 aromatic carbocycles. The van der Waals surface area contributed by atoms with E-state index < -0.39 is 0 Å². The molecular formula is C11H15ClO3. The zero-order valence-electron chi connectivity index (χ0n) is 8.92. The van der Waals surface area contributed by atoms with Crippen molar-refractivity contribution in [3.8, 4) is 11.5 Å². The van der Waals surface area contributed by atoms with Crippen LogP contribution in [0.25, 0.3) is 0 Å². The molecule has 0 spiro atoms. The monoisotopic (exact) mass is 230 g/mol. The average molecular weight is 231 g/mol. The minimum absolute atomic E-state index is 0.151. The second-order valence-corrected chi connectivity index (χ2v) is 3.54. The van der Waals surface area contributed by atoms with Crippen molar-refractivity contribution in [2.24, 2.45) is 0 Å².